The molecule has 0 rings (SSSR count). The molecule has 6 N–H and O–H groups in total. The summed E-state index contributed by atoms with van der Waals surface area (Å²) in [5.41, 5.74) is 5.34. The molecule has 0 atom stereocenters. The van der Waals surface area contributed by atoms with Crippen molar-refractivity contribution in [3.8, 4) is 0 Å². The number of nitrogens with one attached hydrogen (secondary N) is 4. The summed E-state index contributed by atoms with van der Waals surface area (Å²) in [4.78, 5) is 0. The minimum Gasteiger partial charge on any atom is -0.329 e. The highest BCUT2D eigenvalue weighted by Gasteiger charge is 1.87. The lowest BCUT2D eigenvalue weighted by Gasteiger charge is -2.06. The first-order valence-electron chi connectivity index (χ1n) is 5.38. The van der Waals surface area contributed by atoms with Gasteiger partial charge in [-0.05, 0) is 7.05 Å². The zero-order chi connectivity index (χ0) is 10.5. The van der Waals surface area contributed by atoms with E-state index in [1.807, 2.05) is 7.05 Å². The van der Waals surface area contributed by atoms with E-state index in [0.29, 0.717) is 6.54 Å². The fraction of sp³-hybridized carbons (Fsp3) is 1.00. The highest BCUT2D eigenvalue weighted by atomic mass is 15.0. The fourth-order valence-corrected chi connectivity index (χ4v) is 1.04. The van der Waals surface area contributed by atoms with Gasteiger partial charge in [-0.15, -0.1) is 0 Å². The molecule has 5 nitrogen and oxygen atoms in total. The predicted octanol–water partition coefficient (Wildman–Crippen LogP) is -2.07. The van der Waals surface area contributed by atoms with Gasteiger partial charge in [0, 0.05) is 52.4 Å². The van der Waals surface area contributed by atoms with E-state index in [-0.39, 0.29) is 0 Å². The second-order valence-electron chi connectivity index (χ2n) is 3.14. The molecule has 0 unspecified atom stereocenters. The van der Waals surface area contributed by atoms with Crippen LogP contribution in [0.4, 0.5) is 0 Å². The molecule has 0 heterocycles. The molecule has 0 aliphatic heterocycles. The maximum atomic E-state index is 5.34. The monoisotopic (exact) mass is 203 g/mol. The maximum Gasteiger partial charge on any atom is 0.00772 e. The Hall–Kier alpha value is -0.200. The molecule has 0 saturated carbocycles. The van der Waals surface area contributed by atoms with Crippen LogP contribution in [0.1, 0.15) is 0 Å². The third-order valence-corrected chi connectivity index (χ3v) is 1.83. The standard InChI is InChI=1S/C9H25N5/c1-11-4-5-13-8-9-14-7-6-12-3-2-10/h11-14H,2-10H2,1H3. The molecule has 5 heteroatoms. The van der Waals surface area contributed by atoms with Crippen molar-refractivity contribution in [2.75, 3.05) is 59.4 Å². The highest BCUT2D eigenvalue weighted by Crippen LogP contribution is 1.61. The molecular weight excluding hydrogens is 178 g/mol. The number of hydrogen-bond acceptors (Lipinski definition) is 5. The molecule has 0 spiro atoms. The van der Waals surface area contributed by atoms with Gasteiger partial charge < -0.3 is 27.0 Å². The van der Waals surface area contributed by atoms with Crippen LogP contribution in [0, 0.1) is 0 Å². The minimum atomic E-state index is 0.714. The first-order valence-corrected chi connectivity index (χ1v) is 5.38. The summed E-state index contributed by atoms with van der Waals surface area (Å²) < 4.78 is 0. The normalized spacial score (nSPS) is 10.7. The molecule has 0 aliphatic carbocycles. The summed E-state index contributed by atoms with van der Waals surface area (Å²) in [5, 5.41) is 13.0. The van der Waals surface area contributed by atoms with E-state index in [1.165, 1.54) is 0 Å². The van der Waals surface area contributed by atoms with Gasteiger partial charge in [-0.2, -0.15) is 0 Å². The first kappa shape index (κ1) is 13.8. The van der Waals surface area contributed by atoms with Crippen molar-refractivity contribution in [1.82, 2.24) is 21.3 Å². The van der Waals surface area contributed by atoms with E-state index in [1.54, 1.807) is 0 Å². The average Bonchev–Trinajstić information content (AvgIpc) is 2.21. The van der Waals surface area contributed by atoms with Crippen LogP contribution in [0.25, 0.3) is 0 Å². The number of nitrogens with two attached hydrogens (primary N) is 1. The van der Waals surface area contributed by atoms with Gasteiger partial charge in [-0.25, -0.2) is 0 Å². The SMILES string of the molecule is CNCCNCCNCCNCCN. The summed E-state index contributed by atoms with van der Waals surface area (Å²) in [6.45, 7) is 7.73. The quantitative estimate of drug-likeness (QED) is 0.250. The topological polar surface area (TPSA) is 74.1 Å². The second-order valence-corrected chi connectivity index (χ2v) is 3.14. The van der Waals surface area contributed by atoms with Crippen LogP contribution in [0.15, 0.2) is 0 Å². The lowest BCUT2D eigenvalue weighted by Crippen LogP contribution is -2.35. The third kappa shape index (κ3) is 11.8. The van der Waals surface area contributed by atoms with Crippen molar-refractivity contribution in [1.29, 1.82) is 0 Å². The van der Waals surface area contributed by atoms with Gasteiger partial charge in [0.2, 0.25) is 0 Å². The Balaban J connectivity index is 2.78. The number of likely N-dealkylation sites (N-methyl/N-ethyl adjacent to an activating group) is 1. The van der Waals surface area contributed by atoms with Gasteiger partial charge in [0.25, 0.3) is 0 Å². The van der Waals surface area contributed by atoms with Crippen LogP contribution in [0.3, 0.4) is 0 Å². The van der Waals surface area contributed by atoms with Crippen LogP contribution in [0.2, 0.25) is 0 Å². The molecule has 0 aromatic rings. The Morgan fingerprint density at radius 2 is 1.14 bits per heavy atom. The van der Waals surface area contributed by atoms with Crippen molar-refractivity contribution in [2.24, 2.45) is 5.73 Å². The molecule has 0 aromatic heterocycles. The smallest absolute Gasteiger partial charge is 0.00772 e. The van der Waals surface area contributed by atoms with Gasteiger partial charge in [0.1, 0.15) is 0 Å². The summed E-state index contributed by atoms with van der Waals surface area (Å²) in [7, 11) is 1.96. The first-order chi connectivity index (χ1) is 6.91. The molecule has 14 heavy (non-hydrogen) atoms. The van der Waals surface area contributed by atoms with Crippen LogP contribution in [-0.4, -0.2) is 59.4 Å². The largest absolute Gasteiger partial charge is 0.329 e. The average molecular weight is 203 g/mol. The van der Waals surface area contributed by atoms with Crippen LogP contribution >= 0.6 is 0 Å². The Bertz CT molecular complexity index is 87.2. The maximum absolute atomic E-state index is 5.34. The molecule has 0 saturated heterocycles. The van der Waals surface area contributed by atoms with Crippen LogP contribution in [-0.2, 0) is 0 Å². The van der Waals surface area contributed by atoms with E-state index in [0.717, 1.165) is 45.8 Å². The van der Waals surface area contributed by atoms with E-state index >= 15 is 0 Å². The lowest BCUT2D eigenvalue weighted by atomic mass is 10.5. The van der Waals surface area contributed by atoms with E-state index in [4.69, 9.17) is 5.73 Å². The summed E-state index contributed by atoms with van der Waals surface area (Å²) >= 11 is 0. The van der Waals surface area contributed by atoms with Crippen LogP contribution in [0.5, 0.6) is 0 Å². The Labute approximate surface area is 87.2 Å². The highest BCUT2D eigenvalue weighted by molar-refractivity contribution is 4.55. The van der Waals surface area contributed by atoms with Gasteiger partial charge in [-0.3, -0.25) is 0 Å². The molecule has 0 bridgehead atoms. The number of rotatable bonds is 11. The van der Waals surface area contributed by atoms with Gasteiger partial charge >= 0.3 is 0 Å². The minimum absolute atomic E-state index is 0.714. The zero-order valence-electron chi connectivity index (χ0n) is 9.23. The molecule has 86 valence electrons. The van der Waals surface area contributed by atoms with E-state index < -0.39 is 0 Å². The molecule has 0 fully saturated rings. The number of hydrogen-bond donors (Lipinski definition) is 5. The molecule has 0 radical (unpaired) electrons. The van der Waals surface area contributed by atoms with Crippen molar-refractivity contribution >= 4 is 0 Å². The molecule has 0 aromatic carbocycles. The van der Waals surface area contributed by atoms with E-state index in [2.05, 4.69) is 21.3 Å². The Morgan fingerprint density at radius 3 is 1.57 bits per heavy atom. The van der Waals surface area contributed by atoms with Crippen molar-refractivity contribution in [2.45, 2.75) is 0 Å². The molecule has 0 aliphatic rings. The van der Waals surface area contributed by atoms with Crippen LogP contribution < -0.4 is 27.0 Å². The Kier molecular flexibility index (Phi) is 12.6. The summed E-state index contributed by atoms with van der Waals surface area (Å²) in [6, 6.07) is 0. The predicted molar refractivity (Wildman–Crippen MR) is 61.6 cm³/mol. The van der Waals surface area contributed by atoms with Crippen molar-refractivity contribution < 1.29 is 0 Å². The van der Waals surface area contributed by atoms with Crippen molar-refractivity contribution in [3.63, 3.8) is 0 Å². The zero-order valence-corrected chi connectivity index (χ0v) is 9.23. The van der Waals surface area contributed by atoms with Crippen molar-refractivity contribution in [3.05, 3.63) is 0 Å². The fourth-order valence-electron chi connectivity index (χ4n) is 1.04. The lowest BCUT2D eigenvalue weighted by molar-refractivity contribution is 0.577. The Morgan fingerprint density at radius 1 is 0.714 bits per heavy atom. The van der Waals surface area contributed by atoms with Gasteiger partial charge in [-0.1, -0.05) is 0 Å². The van der Waals surface area contributed by atoms with Gasteiger partial charge in [0.15, 0.2) is 0 Å². The van der Waals surface area contributed by atoms with E-state index in [9.17, 15) is 0 Å². The second kappa shape index (κ2) is 12.8. The van der Waals surface area contributed by atoms with Gasteiger partial charge in [0.05, 0.1) is 0 Å². The summed E-state index contributed by atoms with van der Waals surface area (Å²) in [5.74, 6) is 0. The third-order valence-electron chi connectivity index (χ3n) is 1.83. The summed E-state index contributed by atoms with van der Waals surface area (Å²) in [6.07, 6.45) is 0. The molecule has 0 amide bonds. The molecular formula is C9H25N5.